The Morgan fingerprint density at radius 1 is 1.47 bits per heavy atom. The Bertz CT molecular complexity index is 455. The molecule has 0 aliphatic carbocycles. The van der Waals surface area contributed by atoms with Gasteiger partial charge < -0.3 is 15.8 Å². The van der Waals surface area contributed by atoms with E-state index in [0.717, 1.165) is 5.56 Å². The SMILES string of the molecule is CC(Oc1ccc(Cl)cc1CNC(C)(C)C)C(N)=O. The van der Waals surface area contributed by atoms with Gasteiger partial charge in [0, 0.05) is 22.7 Å². The van der Waals surface area contributed by atoms with E-state index in [2.05, 4.69) is 26.1 Å². The molecule has 0 aliphatic heterocycles. The first kappa shape index (κ1) is 15.8. The quantitative estimate of drug-likeness (QED) is 0.873. The minimum absolute atomic E-state index is 0.0190. The van der Waals surface area contributed by atoms with E-state index in [1.807, 2.05) is 6.07 Å². The number of primary amides is 1. The Balaban J connectivity index is 2.88. The highest BCUT2D eigenvalue weighted by atomic mass is 35.5. The zero-order chi connectivity index (χ0) is 14.6. The normalized spacial score (nSPS) is 13.1. The van der Waals surface area contributed by atoms with Crippen molar-refractivity contribution in [2.24, 2.45) is 5.73 Å². The van der Waals surface area contributed by atoms with Gasteiger partial charge in [-0.15, -0.1) is 0 Å². The van der Waals surface area contributed by atoms with Crippen LogP contribution in [0.5, 0.6) is 5.75 Å². The number of amides is 1. The minimum atomic E-state index is -0.672. The Labute approximate surface area is 119 Å². The van der Waals surface area contributed by atoms with Gasteiger partial charge >= 0.3 is 0 Å². The molecular weight excluding hydrogens is 264 g/mol. The van der Waals surface area contributed by atoms with E-state index < -0.39 is 12.0 Å². The molecule has 0 spiro atoms. The fourth-order valence-electron chi connectivity index (χ4n) is 1.41. The monoisotopic (exact) mass is 284 g/mol. The van der Waals surface area contributed by atoms with Crippen LogP contribution in [0.4, 0.5) is 0 Å². The van der Waals surface area contributed by atoms with Crippen LogP contribution in [-0.4, -0.2) is 17.6 Å². The van der Waals surface area contributed by atoms with Crippen LogP contribution in [0.25, 0.3) is 0 Å². The van der Waals surface area contributed by atoms with Crippen molar-refractivity contribution < 1.29 is 9.53 Å². The maximum absolute atomic E-state index is 11.1. The van der Waals surface area contributed by atoms with Crippen molar-refractivity contribution in [1.82, 2.24) is 5.32 Å². The van der Waals surface area contributed by atoms with Gasteiger partial charge in [-0.05, 0) is 45.9 Å². The highest BCUT2D eigenvalue weighted by Crippen LogP contribution is 2.24. The summed E-state index contributed by atoms with van der Waals surface area (Å²) >= 11 is 5.99. The number of halogens is 1. The van der Waals surface area contributed by atoms with Crippen LogP contribution in [0, 0.1) is 0 Å². The molecule has 106 valence electrons. The lowest BCUT2D eigenvalue weighted by Gasteiger charge is -2.22. The molecule has 3 N–H and O–H groups in total. The van der Waals surface area contributed by atoms with Crippen LogP contribution >= 0.6 is 11.6 Å². The van der Waals surface area contributed by atoms with Gasteiger partial charge in [0.1, 0.15) is 5.75 Å². The highest BCUT2D eigenvalue weighted by Gasteiger charge is 2.15. The molecule has 0 saturated heterocycles. The summed E-state index contributed by atoms with van der Waals surface area (Å²) in [6.07, 6.45) is -0.672. The number of ether oxygens (including phenoxy) is 1. The van der Waals surface area contributed by atoms with E-state index in [1.165, 1.54) is 0 Å². The van der Waals surface area contributed by atoms with Crippen molar-refractivity contribution in [3.63, 3.8) is 0 Å². The zero-order valence-electron chi connectivity index (χ0n) is 11.8. The third kappa shape index (κ3) is 5.49. The average Bonchev–Trinajstić information content (AvgIpc) is 2.28. The number of benzene rings is 1. The summed E-state index contributed by atoms with van der Waals surface area (Å²) in [6.45, 7) is 8.45. The van der Waals surface area contributed by atoms with Gasteiger partial charge in [-0.3, -0.25) is 4.79 Å². The molecule has 0 fully saturated rings. The number of hydrogen-bond donors (Lipinski definition) is 2. The predicted octanol–water partition coefficient (Wildman–Crippen LogP) is 2.48. The van der Waals surface area contributed by atoms with E-state index in [-0.39, 0.29) is 5.54 Å². The topological polar surface area (TPSA) is 64.3 Å². The molecule has 5 heteroatoms. The average molecular weight is 285 g/mol. The fraction of sp³-hybridized carbons (Fsp3) is 0.500. The molecule has 19 heavy (non-hydrogen) atoms. The molecule has 1 aromatic rings. The van der Waals surface area contributed by atoms with Gasteiger partial charge in [0.2, 0.25) is 0 Å². The van der Waals surface area contributed by atoms with Crippen LogP contribution in [0.2, 0.25) is 5.02 Å². The predicted molar refractivity (Wildman–Crippen MR) is 77.3 cm³/mol. The minimum Gasteiger partial charge on any atom is -0.481 e. The standard InChI is InChI=1S/C14H21ClN2O2/c1-9(13(16)18)19-12-6-5-11(15)7-10(12)8-17-14(2,3)4/h5-7,9,17H,8H2,1-4H3,(H2,16,18). The van der Waals surface area contributed by atoms with Crippen molar-refractivity contribution in [3.05, 3.63) is 28.8 Å². The molecule has 0 heterocycles. The summed E-state index contributed by atoms with van der Waals surface area (Å²) in [5, 5.41) is 3.98. The van der Waals surface area contributed by atoms with Gasteiger partial charge in [-0.2, -0.15) is 0 Å². The van der Waals surface area contributed by atoms with Crippen LogP contribution in [-0.2, 0) is 11.3 Å². The number of rotatable bonds is 5. The Hall–Kier alpha value is -1.26. The number of nitrogens with one attached hydrogen (secondary N) is 1. The highest BCUT2D eigenvalue weighted by molar-refractivity contribution is 6.30. The third-order valence-corrected chi connectivity index (χ3v) is 2.77. The summed E-state index contributed by atoms with van der Waals surface area (Å²) in [4.78, 5) is 11.1. The van der Waals surface area contributed by atoms with Crippen molar-refractivity contribution >= 4 is 17.5 Å². The lowest BCUT2D eigenvalue weighted by molar-refractivity contribution is -0.124. The van der Waals surface area contributed by atoms with Crippen molar-refractivity contribution in [1.29, 1.82) is 0 Å². The second kappa shape index (κ2) is 6.26. The molecule has 0 bridgehead atoms. The number of carbonyl (C=O) groups is 1. The van der Waals surface area contributed by atoms with Crippen LogP contribution < -0.4 is 15.8 Å². The molecule has 1 unspecified atom stereocenters. The van der Waals surface area contributed by atoms with Gasteiger partial charge in [-0.1, -0.05) is 11.6 Å². The molecular formula is C14H21ClN2O2. The van der Waals surface area contributed by atoms with Gasteiger partial charge in [0.25, 0.3) is 5.91 Å². The van der Waals surface area contributed by atoms with Crippen molar-refractivity contribution in [3.8, 4) is 5.75 Å². The first-order chi connectivity index (χ1) is 8.69. The molecule has 1 rings (SSSR count). The Kier molecular flexibility index (Phi) is 5.20. The number of nitrogens with two attached hydrogens (primary N) is 1. The van der Waals surface area contributed by atoms with E-state index in [1.54, 1.807) is 19.1 Å². The maximum Gasteiger partial charge on any atom is 0.258 e. The molecule has 1 atom stereocenters. The fourth-order valence-corrected chi connectivity index (χ4v) is 1.60. The second-order valence-corrected chi connectivity index (χ2v) is 5.95. The summed E-state index contributed by atoms with van der Waals surface area (Å²) in [6, 6.07) is 5.30. The van der Waals surface area contributed by atoms with Crippen LogP contribution in [0.3, 0.4) is 0 Å². The second-order valence-electron chi connectivity index (χ2n) is 5.52. The van der Waals surface area contributed by atoms with E-state index in [9.17, 15) is 4.79 Å². The molecule has 0 aromatic heterocycles. The lowest BCUT2D eigenvalue weighted by Crippen LogP contribution is -2.35. The molecule has 0 radical (unpaired) electrons. The Morgan fingerprint density at radius 3 is 2.63 bits per heavy atom. The smallest absolute Gasteiger partial charge is 0.258 e. The summed E-state index contributed by atoms with van der Waals surface area (Å²) < 4.78 is 5.55. The van der Waals surface area contributed by atoms with E-state index >= 15 is 0 Å². The zero-order valence-corrected chi connectivity index (χ0v) is 12.5. The maximum atomic E-state index is 11.1. The lowest BCUT2D eigenvalue weighted by atomic mass is 10.1. The largest absolute Gasteiger partial charge is 0.481 e. The first-order valence-corrected chi connectivity index (χ1v) is 6.56. The first-order valence-electron chi connectivity index (χ1n) is 6.18. The van der Waals surface area contributed by atoms with Gasteiger partial charge in [-0.25, -0.2) is 0 Å². The van der Waals surface area contributed by atoms with Gasteiger partial charge in [0.15, 0.2) is 6.10 Å². The third-order valence-electron chi connectivity index (χ3n) is 2.54. The summed E-state index contributed by atoms with van der Waals surface area (Å²) in [5.41, 5.74) is 6.08. The van der Waals surface area contributed by atoms with E-state index in [0.29, 0.717) is 17.3 Å². The molecule has 0 aliphatic rings. The molecule has 4 nitrogen and oxygen atoms in total. The van der Waals surface area contributed by atoms with E-state index in [4.69, 9.17) is 22.1 Å². The van der Waals surface area contributed by atoms with Crippen molar-refractivity contribution in [2.45, 2.75) is 45.9 Å². The molecule has 0 saturated carbocycles. The molecule has 1 amide bonds. The number of carbonyl (C=O) groups excluding carboxylic acids is 1. The van der Waals surface area contributed by atoms with Crippen LogP contribution in [0.1, 0.15) is 33.3 Å². The van der Waals surface area contributed by atoms with Crippen LogP contribution in [0.15, 0.2) is 18.2 Å². The Morgan fingerprint density at radius 2 is 2.11 bits per heavy atom. The molecule has 1 aromatic carbocycles. The summed E-state index contributed by atoms with van der Waals surface area (Å²) in [5.74, 6) is 0.122. The van der Waals surface area contributed by atoms with Gasteiger partial charge in [0.05, 0.1) is 0 Å². The summed E-state index contributed by atoms with van der Waals surface area (Å²) in [7, 11) is 0. The number of hydrogen-bond acceptors (Lipinski definition) is 3. The van der Waals surface area contributed by atoms with Crippen molar-refractivity contribution in [2.75, 3.05) is 0 Å².